The van der Waals surface area contributed by atoms with E-state index in [4.69, 9.17) is 0 Å². The lowest BCUT2D eigenvalue weighted by molar-refractivity contribution is -0.119. The van der Waals surface area contributed by atoms with E-state index in [2.05, 4.69) is 10.2 Å². The minimum absolute atomic E-state index is 0.0749. The first-order valence-electron chi connectivity index (χ1n) is 11.1. The van der Waals surface area contributed by atoms with Crippen LogP contribution in [0, 0.1) is 0 Å². The number of nitrogens with zero attached hydrogens (tertiary/aromatic N) is 2. The number of benzene rings is 2. The van der Waals surface area contributed by atoms with Crippen molar-refractivity contribution in [3.63, 3.8) is 0 Å². The van der Waals surface area contributed by atoms with E-state index in [0.29, 0.717) is 23.7 Å². The van der Waals surface area contributed by atoms with E-state index in [9.17, 15) is 14.4 Å². The fraction of sp³-hybridized carbons (Fsp3) is 0.400. The Bertz CT molecular complexity index is 927. The molecule has 1 saturated carbocycles. The number of carbonyl (C=O) groups excluding carboxylic acids is 3. The van der Waals surface area contributed by atoms with Crippen LogP contribution in [0.1, 0.15) is 53.3 Å². The number of likely N-dealkylation sites (tertiary alicyclic amines) is 1. The first kappa shape index (κ1) is 21.1. The minimum Gasteiger partial charge on any atom is -0.352 e. The number of carbonyl (C=O) groups is 3. The van der Waals surface area contributed by atoms with Crippen LogP contribution < -0.4 is 5.32 Å². The molecule has 6 nitrogen and oxygen atoms in total. The van der Waals surface area contributed by atoms with Crippen molar-refractivity contribution in [1.82, 2.24) is 15.1 Å². The van der Waals surface area contributed by atoms with Crippen molar-refractivity contribution >= 4 is 18.2 Å². The number of amides is 3. The van der Waals surface area contributed by atoms with E-state index in [1.807, 2.05) is 55.5 Å². The van der Waals surface area contributed by atoms with Crippen LogP contribution in [0.3, 0.4) is 0 Å². The van der Waals surface area contributed by atoms with Gasteiger partial charge in [0.25, 0.3) is 11.8 Å². The number of rotatable bonds is 7. The van der Waals surface area contributed by atoms with Crippen molar-refractivity contribution in [2.24, 2.45) is 0 Å². The zero-order chi connectivity index (χ0) is 21.8. The first-order chi connectivity index (χ1) is 15.1. The Labute approximate surface area is 183 Å². The molecule has 1 aliphatic heterocycles. The first-order valence-corrected chi connectivity index (χ1v) is 11.1. The minimum atomic E-state index is -0.0749. The molecule has 2 aromatic rings. The molecule has 0 atom stereocenters. The third-order valence-corrected chi connectivity index (χ3v) is 6.17. The smallest absolute Gasteiger partial charge is 0.254 e. The molecule has 3 amide bonds. The highest BCUT2D eigenvalue weighted by Gasteiger charge is 2.38. The average molecular weight is 420 g/mol. The second-order valence-corrected chi connectivity index (χ2v) is 8.33. The molecule has 2 aromatic carbocycles. The van der Waals surface area contributed by atoms with Crippen LogP contribution in [0.25, 0.3) is 11.1 Å². The average Bonchev–Trinajstić information content (AvgIpc) is 3.65. The fourth-order valence-electron chi connectivity index (χ4n) is 4.28. The summed E-state index contributed by atoms with van der Waals surface area (Å²) in [6.45, 7) is 3.93. The quantitative estimate of drug-likeness (QED) is 0.700. The number of piperidine rings is 1. The van der Waals surface area contributed by atoms with Gasteiger partial charge in [0.2, 0.25) is 6.41 Å². The van der Waals surface area contributed by atoms with Gasteiger partial charge in [-0.2, -0.15) is 0 Å². The SMILES string of the molecule is CCNC(=O)c1ccc(-c2ccc(C(=O)N(C3CC3)C3CCN(C=O)CC3)cc2)cc1. The van der Waals surface area contributed by atoms with Gasteiger partial charge in [-0.05, 0) is 68.0 Å². The molecule has 1 aliphatic carbocycles. The zero-order valence-electron chi connectivity index (χ0n) is 17.9. The summed E-state index contributed by atoms with van der Waals surface area (Å²) in [6.07, 6.45) is 4.72. The van der Waals surface area contributed by atoms with Crippen molar-refractivity contribution < 1.29 is 14.4 Å². The molecule has 0 bridgehead atoms. The van der Waals surface area contributed by atoms with E-state index < -0.39 is 0 Å². The number of hydrogen-bond acceptors (Lipinski definition) is 3. The van der Waals surface area contributed by atoms with Gasteiger partial charge < -0.3 is 15.1 Å². The maximum atomic E-state index is 13.3. The summed E-state index contributed by atoms with van der Waals surface area (Å²) in [7, 11) is 0. The molecule has 1 heterocycles. The maximum absolute atomic E-state index is 13.3. The lowest BCUT2D eigenvalue weighted by atomic mass is 10.00. The molecule has 0 unspecified atom stereocenters. The molecule has 1 N–H and O–H groups in total. The molecule has 2 aliphatic rings. The highest BCUT2D eigenvalue weighted by Crippen LogP contribution is 2.33. The third kappa shape index (κ3) is 4.79. The largest absolute Gasteiger partial charge is 0.352 e. The number of nitrogens with one attached hydrogen (secondary N) is 1. The molecule has 0 spiro atoms. The van der Waals surface area contributed by atoms with Crippen LogP contribution in [0.2, 0.25) is 0 Å². The van der Waals surface area contributed by atoms with Crippen LogP contribution in [0.5, 0.6) is 0 Å². The molecular weight excluding hydrogens is 390 g/mol. The molecular formula is C25H29N3O3. The van der Waals surface area contributed by atoms with Crippen molar-refractivity contribution in [2.45, 2.75) is 44.7 Å². The van der Waals surface area contributed by atoms with Crippen molar-refractivity contribution in [2.75, 3.05) is 19.6 Å². The summed E-state index contributed by atoms with van der Waals surface area (Å²) >= 11 is 0. The van der Waals surface area contributed by atoms with Crippen LogP contribution in [0.4, 0.5) is 0 Å². The van der Waals surface area contributed by atoms with Crippen molar-refractivity contribution in [3.8, 4) is 11.1 Å². The van der Waals surface area contributed by atoms with Gasteiger partial charge in [-0.3, -0.25) is 14.4 Å². The Hall–Kier alpha value is -3.15. The van der Waals surface area contributed by atoms with Crippen LogP contribution in [-0.2, 0) is 4.79 Å². The Morgan fingerprint density at radius 1 is 0.903 bits per heavy atom. The second kappa shape index (κ2) is 9.33. The van der Waals surface area contributed by atoms with Crippen LogP contribution >= 0.6 is 0 Å². The van der Waals surface area contributed by atoms with E-state index >= 15 is 0 Å². The van der Waals surface area contributed by atoms with Gasteiger partial charge in [-0.1, -0.05) is 24.3 Å². The highest BCUT2D eigenvalue weighted by atomic mass is 16.2. The monoisotopic (exact) mass is 419 g/mol. The summed E-state index contributed by atoms with van der Waals surface area (Å²) in [4.78, 5) is 40.1. The van der Waals surface area contributed by atoms with E-state index in [0.717, 1.165) is 56.3 Å². The topological polar surface area (TPSA) is 69.7 Å². The Morgan fingerprint density at radius 2 is 1.42 bits per heavy atom. The number of hydrogen-bond donors (Lipinski definition) is 1. The summed E-state index contributed by atoms with van der Waals surface area (Å²) in [6, 6.07) is 15.8. The van der Waals surface area contributed by atoms with Crippen LogP contribution in [0.15, 0.2) is 48.5 Å². The predicted octanol–water partition coefficient (Wildman–Crippen LogP) is 3.33. The molecule has 0 radical (unpaired) electrons. The lowest BCUT2D eigenvalue weighted by Gasteiger charge is -2.37. The van der Waals surface area contributed by atoms with Gasteiger partial charge in [-0.25, -0.2) is 0 Å². The molecule has 0 aromatic heterocycles. The summed E-state index contributed by atoms with van der Waals surface area (Å²) in [5.41, 5.74) is 3.36. The van der Waals surface area contributed by atoms with Gasteiger partial charge in [0.05, 0.1) is 0 Å². The highest BCUT2D eigenvalue weighted by molar-refractivity contribution is 5.96. The van der Waals surface area contributed by atoms with Gasteiger partial charge in [0.1, 0.15) is 0 Å². The summed E-state index contributed by atoms with van der Waals surface area (Å²) < 4.78 is 0. The fourth-order valence-corrected chi connectivity index (χ4v) is 4.28. The van der Waals surface area contributed by atoms with Gasteiger partial charge in [-0.15, -0.1) is 0 Å². The Morgan fingerprint density at radius 3 is 1.90 bits per heavy atom. The summed E-state index contributed by atoms with van der Waals surface area (Å²) in [5.74, 6) is 0.0133. The molecule has 6 heteroatoms. The molecule has 1 saturated heterocycles. The maximum Gasteiger partial charge on any atom is 0.254 e. The third-order valence-electron chi connectivity index (χ3n) is 6.17. The van der Waals surface area contributed by atoms with E-state index in [-0.39, 0.29) is 17.9 Å². The molecule has 162 valence electrons. The molecule has 2 fully saturated rings. The Kier molecular flexibility index (Phi) is 6.35. The van der Waals surface area contributed by atoms with E-state index in [1.54, 1.807) is 4.90 Å². The van der Waals surface area contributed by atoms with Gasteiger partial charge in [0.15, 0.2) is 0 Å². The molecule has 31 heavy (non-hydrogen) atoms. The van der Waals surface area contributed by atoms with Crippen LogP contribution in [-0.4, -0.2) is 59.7 Å². The normalized spacial score (nSPS) is 16.6. The molecule has 4 rings (SSSR count). The Balaban J connectivity index is 1.46. The standard InChI is InChI=1S/C25H29N3O3/c1-2-26-24(30)20-7-3-18(4-8-20)19-5-9-21(10-6-19)25(31)28(22-11-12-22)23-13-15-27(17-29)16-14-23/h3-10,17,22-23H,2,11-16H2,1H3,(H,26,30). The summed E-state index contributed by atoms with van der Waals surface area (Å²) in [5, 5.41) is 2.80. The zero-order valence-corrected chi connectivity index (χ0v) is 17.9. The van der Waals surface area contributed by atoms with Crippen molar-refractivity contribution in [1.29, 1.82) is 0 Å². The predicted molar refractivity (Wildman–Crippen MR) is 120 cm³/mol. The van der Waals surface area contributed by atoms with Crippen molar-refractivity contribution in [3.05, 3.63) is 59.7 Å². The van der Waals surface area contributed by atoms with Gasteiger partial charge in [0, 0.05) is 42.8 Å². The second-order valence-electron chi connectivity index (χ2n) is 8.33. The van der Waals surface area contributed by atoms with Gasteiger partial charge >= 0.3 is 0 Å². The van der Waals surface area contributed by atoms with E-state index in [1.165, 1.54) is 0 Å². The lowest BCUT2D eigenvalue weighted by Crippen LogP contribution is -2.48.